The highest BCUT2D eigenvalue weighted by Crippen LogP contribution is 2.15. The Morgan fingerprint density at radius 2 is 2.29 bits per heavy atom. The third-order valence-corrected chi connectivity index (χ3v) is 3.64. The molecule has 1 N–H and O–H groups in total. The molecular weight excluding hydrogens is 234 g/mol. The van der Waals surface area contributed by atoms with E-state index in [9.17, 15) is 4.79 Å². The molecule has 2 aromatic rings. The monoisotopic (exact) mass is 249 g/mol. The molecule has 0 saturated carbocycles. The van der Waals surface area contributed by atoms with Crippen LogP contribution in [-0.4, -0.2) is 15.7 Å². The molecule has 0 spiro atoms. The minimum atomic E-state index is -0.0132. The van der Waals surface area contributed by atoms with Crippen LogP contribution in [-0.2, 0) is 13.6 Å². The van der Waals surface area contributed by atoms with Crippen molar-refractivity contribution >= 4 is 17.2 Å². The van der Waals surface area contributed by atoms with Crippen molar-refractivity contribution in [3.63, 3.8) is 0 Å². The summed E-state index contributed by atoms with van der Waals surface area (Å²) in [6.07, 6.45) is 1.93. The number of carbonyl (C=O) groups excluding carboxylic acids is 1. The minimum absolute atomic E-state index is 0.0132. The highest BCUT2D eigenvalue weighted by atomic mass is 32.1. The summed E-state index contributed by atoms with van der Waals surface area (Å²) in [6, 6.07) is 1.95. The van der Waals surface area contributed by atoms with Gasteiger partial charge in [0.2, 0.25) is 0 Å². The Morgan fingerprint density at radius 1 is 1.53 bits per heavy atom. The fourth-order valence-electron chi connectivity index (χ4n) is 1.68. The van der Waals surface area contributed by atoms with Crippen molar-refractivity contribution in [2.24, 2.45) is 7.05 Å². The molecule has 2 heterocycles. The van der Waals surface area contributed by atoms with Crippen LogP contribution in [0.15, 0.2) is 17.6 Å². The molecule has 2 rings (SSSR count). The lowest BCUT2D eigenvalue weighted by molar-refractivity contribution is 0.0954. The van der Waals surface area contributed by atoms with Crippen molar-refractivity contribution in [2.45, 2.75) is 20.4 Å². The molecule has 5 heteroatoms. The Morgan fingerprint density at radius 3 is 2.82 bits per heavy atom. The van der Waals surface area contributed by atoms with Gasteiger partial charge in [-0.25, -0.2) is 0 Å². The molecule has 0 aromatic carbocycles. The second-order valence-corrected chi connectivity index (χ2v) is 4.94. The molecule has 90 valence electrons. The molecule has 0 aliphatic carbocycles. The number of hydrogen-bond donors (Lipinski definition) is 1. The van der Waals surface area contributed by atoms with E-state index in [1.165, 1.54) is 11.3 Å². The number of aryl methyl sites for hydroxylation is 3. The lowest BCUT2D eigenvalue weighted by Gasteiger charge is -2.03. The van der Waals surface area contributed by atoms with Crippen LogP contribution < -0.4 is 5.32 Å². The quantitative estimate of drug-likeness (QED) is 0.904. The van der Waals surface area contributed by atoms with E-state index in [0.29, 0.717) is 6.54 Å². The van der Waals surface area contributed by atoms with Crippen molar-refractivity contribution in [1.29, 1.82) is 0 Å². The maximum Gasteiger partial charge on any atom is 0.261 e. The second-order valence-electron chi connectivity index (χ2n) is 4.03. The summed E-state index contributed by atoms with van der Waals surface area (Å²) in [7, 11) is 1.88. The van der Waals surface area contributed by atoms with Crippen LogP contribution in [0.1, 0.15) is 26.5 Å². The molecule has 0 aliphatic heterocycles. The Labute approximate surface area is 104 Å². The fourth-order valence-corrected chi connectivity index (χ4v) is 2.52. The van der Waals surface area contributed by atoms with Gasteiger partial charge >= 0.3 is 0 Å². The first kappa shape index (κ1) is 11.9. The molecular formula is C12H15N3OS. The maximum absolute atomic E-state index is 11.9. The highest BCUT2D eigenvalue weighted by Gasteiger charge is 2.11. The minimum Gasteiger partial charge on any atom is -0.347 e. The first-order chi connectivity index (χ1) is 8.08. The first-order valence-corrected chi connectivity index (χ1v) is 6.27. The zero-order valence-corrected chi connectivity index (χ0v) is 11.0. The Bertz CT molecular complexity index is 542. The SMILES string of the molecule is Cc1ccsc1C(=O)NCc1cn(C)nc1C. The van der Waals surface area contributed by atoms with Crippen molar-refractivity contribution in [1.82, 2.24) is 15.1 Å². The predicted octanol–water partition coefficient (Wildman–Crippen LogP) is 2.03. The Kier molecular flexibility index (Phi) is 3.28. The van der Waals surface area contributed by atoms with Crippen molar-refractivity contribution < 1.29 is 4.79 Å². The number of hydrogen-bond acceptors (Lipinski definition) is 3. The lowest BCUT2D eigenvalue weighted by Crippen LogP contribution is -2.22. The standard InChI is InChI=1S/C12H15N3OS/c1-8-4-5-17-11(8)12(16)13-6-10-7-15(3)14-9(10)2/h4-5,7H,6H2,1-3H3,(H,13,16). The molecule has 4 nitrogen and oxygen atoms in total. The molecule has 17 heavy (non-hydrogen) atoms. The number of carbonyl (C=O) groups is 1. The summed E-state index contributed by atoms with van der Waals surface area (Å²) in [5.74, 6) is -0.0132. The normalized spacial score (nSPS) is 10.5. The molecule has 0 unspecified atom stereocenters. The topological polar surface area (TPSA) is 46.9 Å². The smallest absolute Gasteiger partial charge is 0.261 e. The average Bonchev–Trinajstić information content (AvgIpc) is 2.81. The lowest BCUT2D eigenvalue weighted by atomic mass is 10.2. The number of nitrogens with one attached hydrogen (secondary N) is 1. The largest absolute Gasteiger partial charge is 0.347 e. The van der Waals surface area contributed by atoms with Crippen LogP contribution in [0.5, 0.6) is 0 Å². The summed E-state index contributed by atoms with van der Waals surface area (Å²) in [6.45, 7) is 4.41. The molecule has 0 fully saturated rings. The highest BCUT2D eigenvalue weighted by molar-refractivity contribution is 7.12. The van der Waals surface area contributed by atoms with E-state index in [2.05, 4.69) is 10.4 Å². The summed E-state index contributed by atoms with van der Waals surface area (Å²) >= 11 is 1.47. The third-order valence-electron chi connectivity index (χ3n) is 2.62. The van der Waals surface area contributed by atoms with E-state index in [1.54, 1.807) is 4.68 Å². The van der Waals surface area contributed by atoms with Crippen LogP contribution in [0, 0.1) is 13.8 Å². The average molecular weight is 249 g/mol. The number of nitrogens with zero attached hydrogens (tertiary/aromatic N) is 2. The van der Waals surface area contributed by atoms with E-state index in [-0.39, 0.29) is 5.91 Å². The summed E-state index contributed by atoms with van der Waals surface area (Å²) in [5, 5.41) is 9.08. The van der Waals surface area contributed by atoms with Gasteiger partial charge in [-0.05, 0) is 30.9 Å². The van der Waals surface area contributed by atoms with Crippen LogP contribution in [0.2, 0.25) is 0 Å². The van der Waals surface area contributed by atoms with Gasteiger partial charge in [0, 0.05) is 25.4 Å². The van der Waals surface area contributed by atoms with E-state index in [0.717, 1.165) is 21.7 Å². The van der Waals surface area contributed by atoms with Gasteiger partial charge in [-0.3, -0.25) is 9.48 Å². The first-order valence-electron chi connectivity index (χ1n) is 5.39. The number of aromatic nitrogens is 2. The third kappa shape index (κ3) is 2.55. The summed E-state index contributed by atoms with van der Waals surface area (Å²) in [4.78, 5) is 12.7. The number of amides is 1. The maximum atomic E-state index is 11.9. The van der Waals surface area contributed by atoms with Gasteiger partial charge in [0.25, 0.3) is 5.91 Å². The predicted molar refractivity (Wildman–Crippen MR) is 68.2 cm³/mol. The van der Waals surface area contributed by atoms with Gasteiger partial charge in [-0.1, -0.05) is 0 Å². The summed E-state index contributed by atoms with van der Waals surface area (Å²) < 4.78 is 1.76. The molecule has 0 atom stereocenters. The van der Waals surface area contributed by atoms with Gasteiger partial charge in [0.1, 0.15) is 0 Å². The van der Waals surface area contributed by atoms with Crippen LogP contribution in [0.25, 0.3) is 0 Å². The van der Waals surface area contributed by atoms with E-state index in [1.807, 2.05) is 38.5 Å². The van der Waals surface area contributed by atoms with Gasteiger partial charge in [-0.15, -0.1) is 11.3 Å². The van der Waals surface area contributed by atoms with Gasteiger partial charge in [0.05, 0.1) is 10.6 Å². The van der Waals surface area contributed by atoms with Crippen molar-refractivity contribution in [3.05, 3.63) is 39.3 Å². The fraction of sp³-hybridized carbons (Fsp3) is 0.333. The number of thiophene rings is 1. The van der Waals surface area contributed by atoms with E-state index >= 15 is 0 Å². The van der Waals surface area contributed by atoms with Gasteiger partial charge in [0.15, 0.2) is 0 Å². The molecule has 2 aromatic heterocycles. The van der Waals surface area contributed by atoms with Crippen molar-refractivity contribution in [3.8, 4) is 0 Å². The molecule has 0 aliphatic rings. The molecule has 0 radical (unpaired) electrons. The van der Waals surface area contributed by atoms with E-state index in [4.69, 9.17) is 0 Å². The summed E-state index contributed by atoms with van der Waals surface area (Å²) in [5.41, 5.74) is 3.03. The zero-order valence-electron chi connectivity index (χ0n) is 10.2. The van der Waals surface area contributed by atoms with E-state index < -0.39 is 0 Å². The zero-order chi connectivity index (χ0) is 12.4. The van der Waals surface area contributed by atoms with Crippen molar-refractivity contribution in [2.75, 3.05) is 0 Å². The van der Waals surface area contributed by atoms with Crippen LogP contribution >= 0.6 is 11.3 Å². The van der Waals surface area contributed by atoms with Gasteiger partial charge < -0.3 is 5.32 Å². The van der Waals surface area contributed by atoms with Gasteiger partial charge in [-0.2, -0.15) is 5.10 Å². The second kappa shape index (κ2) is 4.71. The Balaban J connectivity index is 2.02. The Hall–Kier alpha value is -1.62. The number of rotatable bonds is 3. The molecule has 0 saturated heterocycles. The molecule has 0 bridgehead atoms. The molecule has 1 amide bonds. The van der Waals surface area contributed by atoms with Crippen LogP contribution in [0.3, 0.4) is 0 Å². The van der Waals surface area contributed by atoms with Crippen LogP contribution in [0.4, 0.5) is 0 Å².